The molecule has 0 aromatic heterocycles. The van der Waals surface area contributed by atoms with E-state index in [1.165, 1.54) is 16.7 Å². The van der Waals surface area contributed by atoms with Gasteiger partial charge in [-0.25, -0.2) is 0 Å². The minimum absolute atomic E-state index is 0.389. The van der Waals surface area contributed by atoms with Crippen LogP contribution in [0.3, 0.4) is 0 Å². The third-order valence-electron chi connectivity index (χ3n) is 3.57. The molecule has 0 aliphatic rings. The summed E-state index contributed by atoms with van der Waals surface area (Å²) in [5, 5.41) is 3.69. The number of benzene rings is 2. The predicted octanol–water partition coefficient (Wildman–Crippen LogP) is 4.28. The lowest BCUT2D eigenvalue weighted by Gasteiger charge is -2.22. The summed E-state index contributed by atoms with van der Waals surface area (Å²) in [7, 11) is 0. The van der Waals surface area contributed by atoms with Gasteiger partial charge in [-0.2, -0.15) is 0 Å². The Kier molecular flexibility index (Phi) is 4.75. The van der Waals surface area contributed by atoms with Gasteiger partial charge in [0.05, 0.1) is 0 Å². The first-order valence-electron chi connectivity index (χ1n) is 7.02. The molecule has 0 aliphatic heterocycles. The molecule has 2 aromatic carbocycles. The minimum Gasteiger partial charge on any atom is -0.307 e. The molecule has 0 saturated heterocycles. The van der Waals surface area contributed by atoms with E-state index in [0.717, 1.165) is 6.42 Å². The zero-order valence-corrected chi connectivity index (χ0v) is 12.1. The summed E-state index contributed by atoms with van der Waals surface area (Å²) < 4.78 is 0. The van der Waals surface area contributed by atoms with Gasteiger partial charge in [-0.1, -0.05) is 54.6 Å². The van der Waals surface area contributed by atoms with Gasteiger partial charge in [-0.15, -0.1) is 0 Å². The highest BCUT2D eigenvalue weighted by atomic mass is 14.9. The van der Waals surface area contributed by atoms with E-state index in [0.29, 0.717) is 12.1 Å². The molecule has 0 aliphatic carbocycles. The summed E-state index contributed by atoms with van der Waals surface area (Å²) in [6.45, 7) is 6.67. The van der Waals surface area contributed by atoms with Crippen molar-refractivity contribution in [3.05, 3.63) is 71.3 Å². The zero-order chi connectivity index (χ0) is 13.7. The molecule has 2 aromatic rings. The van der Waals surface area contributed by atoms with Crippen LogP contribution < -0.4 is 5.32 Å². The maximum Gasteiger partial charge on any atom is 0.0296 e. The molecule has 2 atom stereocenters. The summed E-state index contributed by atoms with van der Waals surface area (Å²) in [5.74, 6) is 0. The van der Waals surface area contributed by atoms with Crippen LogP contribution in [0.1, 0.15) is 36.6 Å². The molecule has 0 amide bonds. The summed E-state index contributed by atoms with van der Waals surface area (Å²) in [4.78, 5) is 0. The van der Waals surface area contributed by atoms with Crippen LogP contribution >= 0.6 is 0 Å². The lowest BCUT2D eigenvalue weighted by molar-refractivity contribution is 0.476. The Balaban J connectivity index is 1.96. The van der Waals surface area contributed by atoms with Gasteiger partial charge in [0.1, 0.15) is 0 Å². The largest absolute Gasteiger partial charge is 0.307 e. The van der Waals surface area contributed by atoms with Crippen LogP contribution in [0.25, 0.3) is 0 Å². The average Bonchev–Trinajstić information content (AvgIpc) is 2.40. The Labute approximate surface area is 116 Å². The summed E-state index contributed by atoms with van der Waals surface area (Å²) >= 11 is 0. The fraction of sp³-hybridized carbons (Fsp3) is 0.333. The van der Waals surface area contributed by atoms with Crippen molar-refractivity contribution in [3.8, 4) is 0 Å². The van der Waals surface area contributed by atoms with Gasteiger partial charge in [0.25, 0.3) is 0 Å². The number of hydrogen-bond donors (Lipinski definition) is 1. The highest BCUT2D eigenvalue weighted by molar-refractivity contribution is 5.28. The fourth-order valence-corrected chi connectivity index (χ4v) is 2.62. The lowest BCUT2D eigenvalue weighted by Crippen LogP contribution is -2.31. The molecule has 0 bridgehead atoms. The van der Waals surface area contributed by atoms with Crippen molar-refractivity contribution in [2.45, 2.75) is 39.3 Å². The highest BCUT2D eigenvalue weighted by Gasteiger charge is 2.11. The van der Waals surface area contributed by atoms with Gasteiger partial charge in [0.15, 0.2) is 0 Å². The second kappa shape index (κ2) is 6.53. The van der Waals surface area contributed by atoms with Gasteiger partial charge in [0, 0.05) is 12.1 Å². The Bertz CT molecular complexity index is 504. The second-order valence-corrected chi connectivity index (χ2v) is 5.34. The average molecular weight is 253 g/mol. The molecule has 1 heteroatoms. The van der Waals surface area contributed by atoms with E-state index in [1.807, 2.05) is 0 Å². The molecule has 0 spiro atoms. The zero-order valence-electron chi connectivity index (χ0n) is 12.1. The third kappa shape index (κ3) is 3.93. The number of rotatable bonds is 5. The van der Waals surface area contributed by atoms with Crippen molar-refractivity contribution >= 4 is 0 Å². The van der Waals surface area contributed by atoms with Gasteiger partial charge in [-0.05, 0) is 43.9 Å². The Hall–Kier alpha value is -1.60. The lowest BCUT2D eigenvalue weighted by atomic mass is 10.0. The molecule has 1 N–H and O–H groups in total. The smallest absolute Gasteiger partial charge is 0.0296 e. The Morgan fingerprint density at radius 2 is 1.53 bits per heavy atom. The molecule has 19 heavy (non-hydrogen) atoms. The molecular weight excluding hydrogens is 230 g/mol. The minimum atomic E-state index is 0.389. The molecular formula is C18H23N. The van der Waals surface area contributed by atoms with E-state index in [1.54, 1.807) is 0 Å². The van der Waals surface area contributed by atoms with Crippen molar-refractivity contribution in [3.63, 3.8) is 0 Å². The SMILES string of the molecule is Cc1ccccc1[C@@H](C)NC(C)Cc1ccccc1. The summed E-state index contributed by atoms with van der Waals surface area (Å²) in [6.07, 6.45) is 1.07. The molecule has 100 valence electrons. The van der Waals surface area contributed by atoms with Gasteiger partial charge in [-0.3, -0.25) is 0 Å². The molecule has 2 rings (SSSR count). The Morgan fingerprint density at radius 1 is 0.895 bits per heavy atom. The maximum atomic E-state index is 3.69. The quantitative estimate of drug-likeness (QED) is 0.838. The van der Waals surface area contributed by atoms with Crippen LogP contribution in [0.15, 0.2) is 54.6 Å². The van der Waals surface area contributed by atoms with Crippen molar-refractivity contribution < 1.29 is 0 Å². The number of aryl methyl sites for hydroxylation is 1. The van der Waals surface area contributed by atoms with Crippen LogP contribution in [-0.4, -0.2) is 6.04 Å². The standard InChI is InChI=1S/C18H23N/c1-14-9-7-8-12-18(14)16(3)19-15(2)13-17-10-5-4-6-11-17/h4-12,15-16,19H,13H2,1-3H3/t15?,16-/m1/s1. The topological polar surface area (TPSA) is 12.0 Å². The van der Waals surface area contributed by atoms with Gasteiger partial charge >= 0.3 is 0 Å². The van der Waals surface area contributed by atoms with Crippen molar-refractivity contribution in [2.24, 2.45) is 0 Å². The molecule has 0 saturated carbocycles. The van der Waals surface area contributed by atoms with Crippen molar-refractivity contribution in [1.82, 2.24) is 5.32 Å². The van der Waals surface area contributed by atoms with E-state index in [9.17, 15) is 0 Å². The normalized spacial score (nSPS) is 14.1. The van der Waals surface area contributed by atoms with E-state index in [2.05, 4.69) is 80.7 Å². The van der Waals surface area contributed by atoms with Crippen LogP contribution in [-0.2, 0) is 6.42 Å². The highest BCUT2D eigenvalue weighted by Crippen LogP contribution is 2.17. The Morgan fingerprint density at radius 3 is 2.21 bits per heavy atom. The molecule has 0 fully saturated rings. The third-order valence-corrected chi connectivity index (χ3v) is 3.57. The predicted molar refractivity (Wildman–Crippen MR) is 82.3 cm³/mol. The maximum absolute atomic E-state index is 3.69. The van der Waals surface area contributed by atoms with Crippen LogP contribution in [0.5, 0.6) is 0 Å². The van der Waals surface area contributed by atoms with Gasteiger partial charge < -0.3 is 5.32 Å². The molecule has 0 heterocycles. The first-order chi connectivity index (χ1) is 9.16. The first kappa shape index (κ1) is 13.8. The fourth-order valence-electron chi connectivity index (χ4n) is 2.62. The van der Waals surface area contributed by atoms with E-state index in [-0.39, 0.29) is 0 Å². The van der Waals surface area contributed by atoms with Gasteiger partial charge in [0.2, 0.25) is 0 Å². The number of nitrogens with one attached hydrogen (secondary N) is 1. The van der Waals surface area contributed by atoms with E-state index >= 15 is 0 Å². The van der Waals surface area contributed by atoms with Crippen LogP contribution in [0, 0.1) is 6.92 Å². The first-order valence-corrected chi connectivity index (χ1v) is 7.02. The van der Waals surface area contributed by atoms with E-state index in [4.69, 9.17) is 0 Å². The van der Waals surface area contributed by atoms with E-state index < -0.39 is 0 Å². The van der Waals surface area contributed by atoms with Crippen LogP contribution in [0.2, 0.25) is 0 Å². The van der Waals surface area contributed by atoms with Crippen molar-refractivity contribution in [2.75, 3.05) is 0 Å². The second-order valence-electron chi connectivity index (χ2n) is 5.34. The molecule has 1 nitrogen and oxygen atoms in total. The van der Waals surface area contributed by atoms with Crippen molar-refractivity contribution in [1.29, 1.82) is 0 Å². The molecule has 1 unspecified atom stereocenters. The monoisotopic (exact) mass is 253 g/mol. The van der Waals surface area contributed by atoms with Crippen LogP contribution in [0.4, 0.5) is 0 Å². The summed E-state index contributed by atoms with van der Waals surface area (Å²) in [5.41, 5.74) is 4.14. The summed E-state index contributed by atoms with van der Waals surface area (Å²) in [6, 6.07) is 20.1. The molecule has 0 radical (unpaired) electrons. The number of hydrogen-bond acceptors (Lipinski definition) is 1.